The molecule has 1 heterocycles. The van der Waals surface area contributed by atoms with Gasteiger partial charge in [0, 0.05) is 11.9 Å². The van der Waals surface area contributed by atoms with E-state index in [0.717, 1.165) is 12.1 Å². The van der Waals surface area contributed by atoms with Crippen LogP contribution in [0, 0.1) is 0 Å². The van der Waals surface area contributed by atoms with Gasteiger partial charge in [0.05, 0.1) is 17.4 Å². The number of benzene rings is 1. The zero-order valence-electron chi connectivity index (χ0n) is 8.95. The summed E-state index contributed by atoms with van der Waals surface area (Å²) in [6, 6.07) is 4.69. The van der Waals surface area contributed by atoms with Crippen molar-refractivity contribution in [1.29, 1.82) is 0 Å². The van der Waals surface area contributed by atoms with Gasteiger partial charge in [0.2, 0.25) is 0 Å². The monoisotopic (exact) mass is 255 g/mol. The highest BCUT2D eigenvalue weighted by Crippen LogP contribution is 2.30. The Morgan fingerprint density at radius 3 is 2.72 bits per heavy atom. The normalized spacial score (nSPS) is 17.1. The molecule has 18 heavy (non-hydrogen) atoms. The molecule has 0 radical (unpaired) electrons. The lowest BCUT2D eigenvalue weighted by molar-refractivity contribution is -0.137. The largest absolute Gasteiger partial charge is 0.416 e. The number of nitrogens with zero attached hydrogens (tertiary/aromatic N) is 1. The van der Waals surface area contributed by atoms with Gasteiger partial charge < -0.3 is 5.32 Å². The van der Waals surface area contributed by atoms with Crippen molar-refractivity contribution in [2.24, 2.45) is 5.10 Å². The molecule has 1 aliphatic rings. The third kappa shape index (κ3) is 2.68. The molecule has 2 N–H and O–H groups in total. The van der Waals surface area contributed by atoms with Crippen LogP contribution in [0.2, 0.25) is 0 Å². The van der Waals surface area contributed by atoms with E-state index in [2.05, 4.69) is 15.8 Å². The number of carbonyl (C=O) groups is 1. The number of hydrogen-bond acceptors (Lipinski definition) is 3. The molecule has 7 heteroatoms. The molecule has 1 amide bonds. The van der Waals surface area contributed by atoms with Crippen LogP contribution in [0.3, 0.4) is 0 Å². The smallest absolute Gasteiger partial charge is 0.361 e. The first-order chi connectivity index (χ1) is 8.47. The van der Waals surface area contributed by atoms with Crippen molar-refractivity contribution in [3.05, 3.63) is 41.6 Å². The SMILES string of the molecule is O=C1NN=CC1=CNc1cccc(C(F)(F)F)c1. The molecule has 1 aromatic carbocycles. The van der Waals surface area contributed by atoms with E-state index in [0.29, 0.717) is 0 Å². The van der Waals surface area contributed by atoms with Gasteiger partial charge >= 0.3 is 6.18 Å². The Bertz CT molecular complexity index is 535. The van der Waals surface area contributed by atoms with Crippen LogP contribution in [-0.2, 0) is 11.0 Å². The van der Waals surface area contributed by atoms with Gasteiger partial charge in [-0.2, -0.15) is 18.3 Å². The Labute approximate surface area is 100 Å². The molecule has 4 nitrogen and oxygen atoms in total. The Morgan fingerprint density at radius 1 is 1.33 bits per heavy atom. The van der Waals surface area contributed by atoms with E-state index in [-0.39, 0.29) is 11.3 Å². The van der Waals surface area contributed by atoms with Crippen molar-refractivity contribution >= 4 is 17.8 Å². The summed E-state index contributed by atoms with van der Waals surface area (Å²) in [7, 11) is 0. The van der Waals surface area contributed by atoms with Gasteiger partial charge in [-0.1, -0.05) is 6.07 Å². The highest BCUT2D eigenvalue weighted by atomic mass is 19.4. The summed E-state index contributed by atoms with van der Waals surface area (Å²) in [6.45, 7) is 0. The van der Waals surface area contributed by atoms with Gasteiger partial charge in [-0.15, -0.1) is 0 Å². The predicted octanol–water partition coefficient (Wildman–Crippen LogP) is 2.12. The molecule has 0 aliphatic carbocycles. The van der Waals surface area contributed by atoms with E-state index in [9.17, 15) is 18.0 Å². The highest BCUT2D eigenvalue weighted by Gasteiger charge is 2.30. The molecule has 0 aromatic heterocycles. The maximum absolute atomic E-state index is 12.4. The van der Waals surface area contributed by atoms with Gasteiger partial charge in [0.25, 0.3) is 5.91 Å². The summed E-state index contributed by atoms with van der Waals surface area (Å²) < 4.78 is 37.3. The molecule has 0 unspecified atom stereocenters. The van der Waals surface area contributed by atoms with E-state index in [4.69, 9.17) is 0 Å². The van der Waals surface area contributed by atoms with Crippen molar-refractivity contribution in [3.63, 3.8) is 0 Å². The Morgan fingerprint density at radius 2 is 2.11 bits per heavy atom. The Balaban J connectivity index is 2.15. The summed E-state index contributed by atoms with van der Waals surface area (Å²) >= 11 is 0. The van der Waals surface area contributed by atoms with Gasteiger partial charge in [-0.25, -0.2) is 5.43 Å². The summed E-state index contributed by atoms with van der Waals surface area (Å²) in [5.41, 5.74) is 1.91. The number of nitrogens with one attached hydrogen (secondary N) is 2. The van der Waals surface area contributed by atoms with Crippen LogP contribution in [0.4, 0.5) is 18.9 Å². The Kier molecular flexibility index (Phi) is 3.05. The van der Waals surface area contributed by atoms with E-state index >= 15 is 0 Å². The maximum Gasteiger partial charge on any atom is 0.416 e. The molecular formula is C11H8F3N3O. The molecule has 94 valence electrons. The van der Waals surface area contributed by atoms with Crippen LogP contribution in [0.5, 0.6) is 0 Å². The lowest BCUT2D eigenvalue weighted by Crippen LogP contribution is -2.12. The summed E-state index contributed by atoms with van der Waals surface area (Å²) in [6.07, 6.45) is -1.82. The van der Waals surface area contributed by atoms with Gasteiger partial charge in [-0.05, 0) is 18.2 Å². The molecule has 0 atom stereocenters. The first kappa shape index (κ1) is 12.2. The highest BCUT2D eigenvalue weighted by molar-refractivity contribution is 6.15. The molecule has 0 fully saturated rings. The number of halogens is 3. The molecule has 0 bridgehead atoms. The van der Waals surface area contributed by atoms with Gasteiger partial charge in [0.15, 0.2) is 0 Å². The van der Waals surface area contributed by atoms with Crippen LogP contribution in [-0.4, -0.2) is 12.1 Å². The molecule has 0 saturated carbocycles. The summed E-state index contributed by atoms with van der Waals surface area (Å²) in [4.78, 5) is 11.1. The lowest BCUT2D eigenvalue weighted by Gasteiger charge is -2.08. The molecular weight excluding hydrogens is 247 g/mol. The van der Waals surface area contributed by atoms with E-state index < -0.39 is 17.6 Å². The zero-order valence-corrected chi connectivity index (χ0v) is 8.95. The molecule has 0 saturated heterocycles. The third-order valence-corrected chi connectivity index (χ3v) is 2.22. The number of amides is 1. The van der Waals surface area contributed by atoms with E-state index in [1.54, 1.807) is 0 Å². The summed E-state index contributed by atoms with van der Waals surface area (Å²) in [5, 5.41) is 6.12. The molecule has 2 rings (SSSR count). The second-order valence-electron chi connectivity index (χ2n) is 3.52. The minimum absolute atomic E-state index is 0.241. The topological polar surface area (TPSA) is 53.5 Å². The number of hydrogen-bond donors (Lipinski definition) is 2. The number of alkyl halides is 3. The first-order valence-electron chi connectivity index (χ1n) is 4.94. The van der Waals surface area contributed by atoms with Crippen molar-refractivity contribution in [1.82, 2.24) is 5.43 Å². The number of hydrazone groups is 1. The maximum atomic E-state index is 12.4. The van der Waals surface area contributed by atoms with Crippen LogP contribution in [0.1, 0.15) is 5.56 Å². The van der Waals surface area contributed by atoms with Crippen LogP contribution < -0.4 is 10.7 Å². The predicted molar refractivity (Wildman–Crippen MR) is 59.8 cm³/mol. The second-order valence-corrected chi connectivity index (χ2v) is 3.52. The molecule has 0 spiro atoms. The van der Waals surface area contributed by atoms with Crippen molar-refractivity contribution < 1.29 is 18.0 Å². The lowest BCUT2D eigenvalue weighted by atomic mass is 10.2. The average Bonchev–Trinajstić information content (AvgIpc) is 2.72. The first-order valence-corrected chi connectivity index (χ1v) is 4.94. The fourth-order valence-corrected chi connectivity index (χ4v) is 1.33. The zero-order chi connectivity index (χ0) is 13.2. The van der Waals surface area contributed by atoms with E-state index in [1.165, 1.54) is 24.5 Å². The summed E-state index contributed by atoms with van der Waals surface area (Å²) in [5.74, 6) is -0.408. The fraction of sp³-hybridized carbons (Fsp3) is 0.0909. The molecule has 1 aromatic rings. The van der Waals surface area contributed by atoms with Gasteiger partial charge in [0.1, 0.15) is 0 Å². The van der Waals surface area contributed by atoms with Crippen molar-refractivity contribution in [3.8, 4) is 0 Å². The fourth-order valence-electron chi connectivity index (χ4n) is 1.33. The van der Waals surface area contributed by atoms with Crippen LogP contribution in [0.15, 0.2) is 41.1 Å². The second kappa shape index (κ2) is 4.52. The Hall–Kier alpha value is -2.31. The van der Waals surface area contributed by atoms with Crippen LogP contribution in [0.25, 0.3) is 0 Å². The quantitative estimate of drug-likeness (QED) is 0.795. The minimum Gasteiger partial charge on any atom is -0.361 e. The van der Waals surface area contributed by atoms with Gasteiger partial charge in [-0.3, -0.25) is 4.79 Å². The third-order valence-electron chi connectivity index (χ3n) is 2.22. The average molecular weight is 255 g/mol. The van der Waals surface area contributed by atoms with E-state index in [1.807, 2.05) is 0 Å². The van der Waals surface area contributed by atoms with Crippen molar-refractivity contribution in [2.45, 2.75) is 6.18 Å². The minimum atomic E-state index is -4.39. The number of rotatable bonds is 2. The number of anilines is 1. The molecule has 1 aliphatic heterocycles. The van der Waals surface area contributed by atoms with Crippen molar-refractivity contribution in [2.75, 3.05) is 5.32 Å². The number of carbonyl (C=O) groups excluding carboxylic acids is 1. The standard InChI is InChI=1S/C11H8F3N3O/c12-11(13,14)8-2-1-3-9(4-8)15-5-7-6-16-17-10(7)18/h1-6,15H,(H,17,18). The van der Waals surface area contributed by atoms with Crippen LogP contribution >= 0.6 is 0 Å².